The third-order valence-corrected chi connectivity index (χ3v) is 7.19. The predicted octanol–water partition coefficient (Wildman–Crippen LogP) is 3.28. The van der Waals surface area contributed by atoms with E-state index in [0.29, 0.717) is 18.1 Å². The van der Waals surface area contributed by atoms with E-state index in [1.54, 1.807) is 7.11 Å². The fourth-order valence-corrected chi connectivity index (χ4v) is 5.36. The largest absolute Gasteiger partial charge is 0.497 e. The van der Waals surface area contributed by atoms with Gasteiger partial charge in [-0.3, -0.25) is 23.7 Å². The molecule has 2 aromatic heterocycles. The van der Waals surface area contributed by atoms with Crippen LogP contribution in [0.15, 0.2) is 39.0 Å². The molecule has 0 aliphatic heterocycles. The number of aromatic amines is 1. The number of ketones is 1. The number of nitrogens with two attached hydrogens (primary N) is 1. The number of carbonyl (C=O) groups excluding carboxylic acids is 1. The molecule has 1 fully saturated rings. The van der Waals surface area contributed by atoms with Gasteiger partial charge in [0.2, 0.25) is 0 Å². The molecule has 0 bridgehead atoms. The number of carbonyl (C=O) groups is 1. The fraction of sp³-hybridized carbons (Fsp3) is 0.458. The fourth-order valence-electron chi connectivity index (χ4n) is 4.49. The van der Waals surface area contributed by atoms with Crippen molar-refractivity contribution in [3.8, 4) is 17.1 Å². The SMILES string of the molecule is CCCn1c(N)c(C(=O)CSc2nnc(-c3ccc(OC)cc3)n2C2CCCCC2)c(=O)[nH]c1=O. The van der Waals surface area contributed by atoms with E-state index < -0.39 is 17.0 Å². The smallest absolute Gasteiger partial charge is 0.329 e. The van der Waals surface area contributed by atoms with Gasteiger partial charge in [0.1, 0.15) is 17.1 Å². The average molecular weight is 499 g/mol. The first-order valence-electron chi connectivity index (χ1n) is 11.8. The van der Waals surface area contributed by atoms with E-state index in [2.05, 4.69) is 19.7 Å². The van der Waals surface area contributed by atoms with Crippen molar-refractivity contribution in [1.82, 2.24) is 24.3 Å². The van der Waals surface area contributed by atoms with Crippen LogP contribution in [0.25, 0.3) is 11.4 Å². The third-order valence-electron chi connectivity index (χ3n) is 6.25. The number of nitrogens with one attached hydrogen (secondary N) is 1. The van der Waals surface area contributed by atoms with Crippen LogP contribution in [-0.2, 0) is 6.54 Å². The monoisotopic (exact) mass is 498 g/mol. The molecule has 0 atom stereocenters. The number of hydrogen-bond acceptors (Lipinski definition) is 8. The van der Waals surface area contributed by atoms with Crippen LogP contribution in [0.5, 0.6) is 5.75 Å². The van der Waals surface area contributed by atoms with Gasteiger partial charge >= 0.3 is 5.69 Å². The number of methoxy groups -OCH3 is 1. The summed E-state index contributed by atoms with van der Waals surface area (Å²) in [6.45, 7) is 2.20. The van der Waals surface area contributed by atoms with Crippen LogP contribution in [-0.4, -0.2) is 43.0 Å². The molecular weight excluding hydrogens is 468 g/mol. The number of Topliss-reactive ketones (excluding diaryl/α,β-unsaturated/α-hetero) is 1. The van der Waals surface area contributed by atoms with Gasteiger partial charge in [-0.15, -0.1) is 10.2 Å². The summed E-state index contributed by atoms with van der Waals surface area (Å²) < 4.78 is 8.61. The molecule has 0 amide bonds. The Hall–Kier alpha value is -3.34. The molecule has 0 spiro atoms. The summed E-state index contributed by atoms with van der Waals surface area (Å²) in [5.74, 6) is 0.889. The van der Waals surface area contributed by atoms with Gasteiger partial charge in [-0.1, -0.05) is 37.9 Å². The highest BCUT2D eigenvalue weighted by Gasteiger charge is 2.26. The maximum absolute atomic E-state index is 13.1. The molecule has 3 aromatic rings. The summed E-state index contributed by atoms with van der Waals surface area (Å²) in [4.78, 5) is 39.8. The Kier molecular flexibility index (Phi) is 7.74. The number of thioether (sulfide) groups is 1. The zero-order valence-electron chi connectivity index (χ0n) is 20.0. The minimum absolute atomic E-state index is 0.0505. The molecule has 0 saturated heterocycles. The molecule has 2 heterocycles. The van der Waals surface area contributed by atoms with Crippen molar-refractivity contribution in [1.29, 1.82) is 0 Å². The highest BCUT2D eigenvalue weighted by Crippen LogP contribution is 2.36. The Morgan fingerprint density at radius 2 is 1.89 bits per heavy atom. The van der Waals surface area contributed by atoms with Crippen molar-refractivity contribution in [2.45, 2.75) is 63.2 Å². The van der Waals surface area contributed by atoms with Gasteiger partial charge in [0.05, 0.1) is 12.9 Å². The lowest BCUT2D eigenvalue weighted by atomic mass is 9.95. The highest BCUT2D eigenvalue weighted by molar-refractivity contribution is 7.99. The summed E-state index contributed by atoms with van der Waals surface area (Å²) in [6.07, 6.45) is 6.11. The predicted molar refractivity (Wildman–Crippen MR) is 135 cm³/mol. The number of benzene rings is 1. The molecule has 10 nitrogen and oxygen atoms in total. The average Bonchev–Trinajstić information content (AvgIpc) is 3.29. The second-order valence-corrected chi connectivity index (χ2v) is 9.52. The molecule has 186 valence electrons. The molecule has 0 radical (unpaired) electrons. The summed E-state index contributed by atoms with van der Waals surface area (Å²) in [6, 6.07) is 7.88. The highest BCUT2D eigenvalue weighted by atomic mass is 32.2. The maximum atomic E-state index is 13.1. The van der Waals surface area contributed by atoms with Crippen LogP contribution in [0.4, 0.5) is 5.82 Å². The topological polar surface area (TPSA) is 138 Å². The van der Waals surface area contributed by atoms with Crippen LogP contribution in [0, 0.1) is 0 Å². The van der Waals surface area contributed by atoms with E-state index in [1.165, 1.54) is 22.7 Å². The van der Waals surface area contributed by atoms with Crippen molar-refractivity contribution >= 4 is 23.4 Å². The Morgan fingerprint density at radius 1 is 1.17 bits per heavy atom. The van der Waals surface area contributed by atoms with Gasteiger partial charge in [0, 0.05) is 18.2 Å². The molecule has 35 heavy (non-hydrogen) atoms. The molecule has 1 aliphatic carbocycles. The van der Waals surface area contributed by atoms with Crippen LogP contribution in [0.1, 0.15) is 61.8 Å². The quantitative estimate of drug-likeness (QED) is 0.339. The normalized spacial score (nSPS) is 14.2. The Labute approximate surface area is 206 Å². The van der Waals surface area contributed by atoms with Crippen LogP contribution < -0.4 is 21.7 Å². The molecular formula is C24H30N6O4S. The van der Waals surface area contributed by atoms with Gasteiger partial charge in [-0.25, -0.2) is 4.79 Å². The Bertz CT molecular complexity index is 1310. The first kappa shape index (κ1) is 24.8. The molecule has 1 aromatic carbocycles. The van der Waals surface area contributed by atoms with E-state index in [-0.39, 0.29) is 23.2 Å². The van der Waals surface area contributed by atoms with E-state index in [4.69, 9.17) is 10.5 Å². The van der Waals surface area contributed by atoms with E-state index in [1.807, 2.05) is 31.2 Å². The van der Waals surface area contributed by atoms with Crippen molar-refractivity contribution in [3.63, 3.8) is 0 Å². The van der Waals surface area contributed by atoms with Gasteiger partial charge < -0.3 is 10.5 Å². The van der Waals surface area contributed by atoms with Crippen LogP contribution in [0.3, 0.4) is 0 Å². The first-order valence-corrected chi connectivity index (χ1v) is 12.8. The summed E-state index contributed by atoms with van der Waals surface area (Å²) in [7, 11) is 1.62. The minimum atomic E-state index is -0.766. The summed E-state index contributed by atoms with van der Waals surface area (Å²) in [5.41, 5.74) is 5.41. The van der Waals surface area contributed by atoms with Crippen molar-refractivity contribution < 1.29 is 9.53 Å². The molecule has 1 aliphatic rings. The van der Waals surface area contributed by atoms with Gasteiger partial charge in [0.15, 0.2) is 16.8 Å². The first-order chi connectivity index (χ1) is 16.9. The lowest BCUT2D eigenvalue weighted by Crippen LogP contribution is -2.36. The number of nitrogen functional groups attached to an aromatic ring is 1. The minimum Gasteiger partial charge on any atom is -0.497 e. The van der Waals surface area contributed by atoms with E-state index >= 15 is 0 Å². The van der Waals surface area contributed by atoms with Crippen LogP contribution >= 0.6 is 11.8 Å². The molecule has 4 rings (SSSR count). The zero-order chi connectivity index (χ0) is 24.9. The summed E-state index contributed by atoms with van der Waals surface area (Å²) >= 11 is 1.23. The Balaban J connectivity index is 1.64. The van der Waals surface area contributed by atoms with Crippen molar-refractivity contribution in [3.05, 3.63) is 50.7 Å². The number of hydrogen-bond donors (Lipinski definition) is 2. The van der Waals surface area contributed by atoms with Crippen molar-refractivity contribution in [2.24, 2.45) is 0 Å². The number of H-pyrrole nitrogens is 1. The lowest BCUT2D eigenvalue weighted by Gasteiger charge is -2.25. The molecule has 1 saturated carbocycles. The second-order valence-electron chi connectivity index (χ2n) is 8.58. The number of aromatic nitrogens is 5. The Morgan fingerprint density at radius 3 is 2.54 bits per heavy atom. The third kappa shape index (κ3) is 5.19. The van der Waals surface area contributed by atoms with Gasteiger partial charge in [-0.05, 0) is 43.5 Å². The number of ether oxygens (including phenoxy) is 1. The molecule has 0 unspecified atom stereocenters. The van der Waals surface area contributed by atoms with Gasteiger partial charge in [0.25, 0.3) is 5.56 Å². The van der Waals surface area contributed by atoms with E-state index in [0.717, 1.165) is 42.8 Å². The summed E-state index contributed by atoms with van der Waals surface area (Å²) in [5, 5.41) is 9.48. The van der Waals surface area contributed by atoms with Crippen LogP contribution in [0.2, 0.25) is 0 Å². The maximum Gasteiger partial charge on any atom is 0.329 e. The molecule has 3 N–H and O–H groups in total. The number of nitrogens with zero attached hydrogens (tertiary/aromatic N) is 4. The zero-order valence-corrected chi connectivity index (χ0v) is 20.8. The standard InChI is InChI=1S/C24H30N6O4S/c1-3-13-29-20(25)19(22(32)26-23(29)33)18(31)14-35-24-28-27-21(15-9-11-17(34-2)12-10-15)30(24)16-7-5-4-6-8-16/h9-12,16H,3-8,13-14,25H2,1-2H3,(H,26,32,33). The number of anilines is 1. The van der Waals surface area contributed by atoms with E-state index in [9.17, 15) is 14.4 Å². The molecule has 11 heteroatoms. The number of rotatable bonds is 9. The lowest BCUT2D eigenvalue weighted by molar-refractivity contribution is 0.102. The van der Waals surface area contributed by atoms with Crippen molar-refractivity contribution in [2.75, 3.05) is 18.6 Å². The second kappa shape index (κ2) is 10.9. The van der Waals surface area contributed by atoms with Gasteiger partial charge in [-0.2, -0.15) is 0 Å².